The van der Waals surface area contributed by atoms with Gasteiger partial charge in [-0.05, 0) is 17.9 Å². The first-order chi connectivity index (χ1) is 7.73. The van der Waals surface area contributed by atoms with Gasteiger partial charge in [-0.3, -0.25) is 0 Å². The minimum atomic E-state index is -0.685. The molecule has 1 rings (SSSR count). The van der Waals surface area contributed by atoms with Gasteiger partial charge in [-0.1, -0.05) is 56.1 Å². The van der Waals surface area contributed by atoms with Crippen molar-refractivity contribution in [1.29, 1.82) is 0 Å². The molecule has 0 radical (unpaired) electrons. The van der Waals surface area contributed by atoms with Crippen LogP contribution in [0.3, 0.4) is 0 Å². The quantitative estimate of drug-likeness (QED) is 0.878. The summed E-state index contributed by atoms with van der Waals surface area (Å²) in [5, 5.41) is 11.0. The van der Waals surface area contributed by atoms with E-state index in [1.165, 1.54) is 0 Å². The Balaban J connectivity index is 0.00000289. The van der Waals surface area contributed by atoms with Gasteiger partial charge < -0.3 is 10.8 Å². The molecule has 0 spiro atoms. The average Bonchev–Trinajstić information content (AvgIpc) is 2.20. The summed E-state index contributed by atoms with van der Waals surface area (Å²) in [6, 6.07) is 5.14. The zero-order valence-electron chi connectivity index (χ0n) is 10.8. The van der Waals surface area contributed by atoms with E-state index >= 15 is 0 Å². The molecule has 0 unspecified atom stereocenters. The highest BCUT2D eigenvalue weighted by Gasteiger charge is 2.25. The van der Waals surface area contributed by atoms with Gasteiger partial charge in [0.2, 0.25) is 0 Å². The van der Waals surface area contributed by atoms with Gasteiger partial charge in [0.15, 0.2) is 0 Å². The SMILES string of the molecule is CC(C)(C)[C@H](N)C[C@H](O)c1cccc(Cl)c1Cl.Cl. The van der Waals surface area contributed by atoms with Crippen molar-refractivity contribution in [3.05, 3.63) is 33.8 Å². The predicted molar refractivity (Wildman–Crippen MR) is 80.7 cm³/mol. The lowest BCUT2D eigenvalue weighted by Crippen LogP contribution is -2.36. The molecule has 0 bridgehead atoms. The second kappa shape index (κ2) is 6.97. The molecule has 3 N–H and O–H groups in total. The Hall–Kier alpha value is 0.01000. The summed E-state index contributed by atoms with van der Waals surface area (Å²) in [5.41, 5.74) is 6.63. The maximum atomic E-state index is 10.1. The van der Waals surface area contributed by atoms with E-state index in [0.29, 0.717) is 22.0 Å². The fourth-order valence-electron chi connectivity index (χ4n) is 1.50. The van der Waals surface area contributed by atoms with Crippen LogP contribution < -0.4 is 5.73 Å². The van der Waals surface area contributed by atoms with Crippen LogP contribution in [0.25, 0.3) is 0 Å². The Labute approximate surface area is 125 Å². The van der Waals surface area contributed by atoms with Gasteiger partial charge in [0, 0.05) is 11.6 Å². The van der Waals surface area contributed by atoms with Crippen LogP contribution in [0.2, 0.25) is 10.0 Å². The predicted octanol–water partition coefficient (Wildman–Crippen LogP) is 4.21. The van der Waals surface area contributed by atoms with Crippen molar-refractivity contribution < 1.29 is 5.11 Å². The topological polar surface area (TPSA) is 46.2 Å². The van der Waals surface area contributed by atoms with Crippen LogP contribution in [0.15, 0.2) is 18.2 Å². The summed E-state index contributed by atoms with van der Waals surface area (Å²) in [6.45, 7) is 6.14. The molecular weight excluding hydrogens is 293 g/mol. The number of halogens is 3. The number of rotatable bonds is 3. The molecular formula is C13H20Cl3NO. The second-order valence-electron chi connectivity index (χ2n) is 5.37. The first-order valence-electron chi connectivity index (χ1n) is 5.61. The molecule has 2 atom stereocenters. The minimum Gasteiger partial charge on any atom is -0.388 e. The summed E-state index contributed by atoms with van der Waals surface area (Å²) < 4.78 is 0. The highest BCUT2D eigenvalue weighted by Crippen LogP contribution is 2.33. The van der Waals surface area contributed by atoms with Gasteiger partial charge in [0.25, 0.3) is 0 Å². The van der Waals surface area contributed by atoms with E-state index in [1.807, 2.05) is 20.8 Å². The van der Waals surface area contributed by atoms with Crippen molar-refractivity contribution in [2.75, 3.05) is 0 Å². The van der Waals surface area contributed by atoms with Crippen LogP contribution in [0.4, 0.5) is 0 Å². The molecule has 0 aliphatic rings. The summed E-state index contributed by atoms with van der Waals surface area (Å²) >= 11 is 12.0. The van der Waals surface area contributed by atoms with Gasteiger partial charge in [0.1, 0.15) is 0 Å². The second-order valence-corrected chi connectivity index (χ2v) is 6.15. The first-order valence-corrected chi connectivity index (χ1v) is 6.36. The Morgan fingerprint density at radius 1 is 1.28 bits per heavy atom. The van der Waals surface area contributed by atoms with Crippen LogP contribution >= 0.6 is 35.6 Å². The molecule has 104 valence electrons. The monoisotopic (exact) mass is 311 g/mol. The number of aliphatic hydroxyl groups is 1. The third-order valence-electron chi connectivity index (χ3n) is 2.93. The fourth-order valence-corrected chi connectivity index (χ4v) is 1.93. The molecule has 0 aliphatic carbocycles. The summed E-state index contributed by atoms with van der Waals surface area (Å²) in [5.74, 6) is 0. The third kappa shape index (κ3) is 4.60. The lowest BCUT2D eigenvalue weighted by Gasteiger charge is -2.29. The van der Waals surface area contributed by atoms with Crippen molar-refractivity contribution in [2.24, 2.45) is 11.1 Å². The summed E-state index contributed by atoms with van der Waals surface area (Å²) in [4.78, 5) is 0. The van der Waals surface area contributed by atoms with E-state index in [9.17, 15) is 5.11 Å². The van der Waals surface area contributed by atoms with Gasteiger partial charge >= 0.3 is 0 Å². The molecule has 0 saturated heterocycles. The van der Waals surface area contributed by atoms with Crippen LogP contribution in [0.1, 0.15) is 38.9 Å². The number of nitrogens with two attached hydrogens (primary N) is 1. The van der Waals surface area contributed by atoms with Gasteiger partial charge in [-0.15, -0.1) is 12.4 Å². The van der Waals surface area contributed by atoms with Crippen molar-refractivity contribution in [3.8, 4) is 0 Å². The highest BCUT2D eigenvalue weighted by molar-refractivity contribution is 6.42. The van der Waals surface area contributed by atoms with Crippen LogP contribution in [-0.4, -0.2) is 11.1 Å². The molecule has 5 heteroatoms. The van der Waals surface area contributed by atoms with E-state index in [2.05, 4.69) is 0 Å². The molecule has 0 aromatic heterocycles. The zero-order valence-corrected chi connectivity index (χ0v) is 13.1. The number of benzene rings is 1. The fraction of sp³-hybridized carbons (Fsp3) is 0.538. The molecule has 0 amide bonds. The Morgan fingerprint density at radius 2 is 1.83 bits per heavy atom. The number of hydrogen-bond donors (Lipinski definition) is 2. The van der Waals surface area contributed by atoms with Crippen molar-refractivity contribution in [2.45, 2.75) is 39.3 Å². The van der Waals surface area contributed by atoms with Gasteiger partial charge in [-0.25, -0.2) is 0 Å². The average molecular weight is 313 g/mol. The molecule has 2 nitrogen and oxygen atoms in total. The Morgan fingerprint density at radius 3 is 2.33 bits per heavy atom. The van der Waals surface area contributed by atoms with Gasteiger partial charge in [-0.2, -0.15) is 0 Å². The smallest absolute Gasteiger partial charge is 0.0819 e. The van der Waals surface area contributed by atoms with Crippen LogP contribution in [0.5, 0.6) is 0 Å². The van der Waals surface area contributed by atoms with E-state index < -0.39 is 6.10 Å². The number of aliphatic hydroxyl groups excluding tert-OH is 1. The maximum absolute atomic E-state index is 10.1. The van der Waals surface area contributed by atoms with Crippen molar-refractivity contribution in [1.82, 2.24) is 0 Å². The largest absolute Gasteiger partial charge is 0.388 e. The molecule has 0 heterocycles. The lowest BCUT2D eigenvalue weighted by atomic mass is 9.83. The molecule has 1 aromatic rings. The standard InChI is InChI=1S/C13H19Cl2NO.ClH/c1-13(2,3)11(16)7-10(17)8-5-4-6-9(14)12(8)15;/h4-6,10-11,17H,7,16H2,1-3H3;1H/t10-,11+;/m0./s1. The highest BCUT2D eigenvalue weighted by atomic mass is 35.5. The zero-order chi connectivity index (χ0) is 13.2. The van der Waals surface area contributed by atoms with E-state index in [-0.39, 0.29) is 23.9 Å². The molecule has 18 heavy (non-hydrogen) atoms. The Bertz CT molecular complexity index is 390. The lowest BCUT2D eigenvalue weighted by molar-refractivity contribution is 0.133. The van der Waals surface area contributed by atoms with Crippen molar-refractivity contribution in [3.63, 3.8) is 0 Å². The molecule has 0 fully saturated rings. The number of hydrogen-bond acceptors (Lipinski definition) is 2. The van der Waals surface area contributed by atoms with E-state index in [1.54, 1.807) is 18.2 Å². The minimum absolute atomic E-state index is 0. The van der Waals surface area contributed by atoms with Crippen LogP contribution in [-0.2, 0) is 0 Å². The van der Waals surface area contributed by atoms with Crippen LogP contribution in [0, 0.1) is 5.41 Å². The van der Waals surface area contributed by atoms with Gasteiger partial charge in [0.05, 0.1) is 16.1 Å². The Kier molecular flexibility index (Phi) is 6.97. The normalized spacial score (nSPS) is 14.8. The summed E-state index contributed by atoms with van der Waals surface area (Å²) in [6.07, 6.45) is -0.223. The maximum Gasteiger partial charge on any atom is 0.0819 e. The van der Waals surface area contributed by atoms with E-state index in [4.69, 9.17) is 28.9 Å². The molecule has 0 aliphatic heterocycles. The third-order valence-corrected chi connectivity index (χ3v) is 3.76. The first kappa shape index (κ1) is 18.0. The van der Waals surface area contributed by atoms with Crippen molar-refractivity contribution >= 4 is 35.6 Å². The summed E-state index contributed by atoms with van der Waals surface area (Å²) in [7, 11) is 0. The van der Waals surface area contributed by atoms with E-state index in [0.717, 1.165) is 0 Å². The molecule has 1 aromatic carbocycles. The molecule has 0 saturated carbocycles.